The van der Waals surface area contributed by atoms with Crippen LogP contribution in [-0.4, -0.2) is 42.7 Å². The van der Waals surface area contributed by atoms with E-state index in [1.54, 1.807) is 19.1 Å². The first-order chi connectivity index (χ1) is 11.4. The van der Waals surface area contributed by atoms with Gasteiger partial charge in [0.15, 0.2) is 0 Å². The molecule has 0 fully saturated rings. The van der Waals surface area contributed by atoms with E-state index in [2.05, 4.69) is 29.8 Å². The molecule has 24 heavy (non-hydrogen) atoms. The monoisotopic (exact) mass is 394 g/mol. The second kappa shape index (κ2) is 8.24. The number of carbonyl (C=O) groups is 1. The predicted octanol–water partition coefficient (Wildman–Crippen LogP) is 3.99. The number of rotatable bonds is 7. The summed E-state index contributed by atoms with van der Waals surface area (Å²) in [4.78, 5) is 14.3. The van der Waals surface area contributed by atoms with Gasteiger partial charge in [0, 0.05) is 23.8 Å². The summed E-state index contributed by atoms with van der Waals surface area (Å²) in [6.45, 7) is 5.04. The van der Waals surface area contributed by atoms with Gasteiger partial charge in [-0.3, -0.25) is 4.79 Å². The Morgan fingerprint density at radius 1 is 1.25 bits per heavy atom. The first-order valence-electron chi connectivity index (χ1n) is 7.82. The van der Waals surface area contributed by atoms with Crippen molar-refractivity contribution in [1.82, 2.24) is 9.47 Å². The van der Waals surface area contributed by atoms with Crippen molar-refractivity contribution in [1.29, 1.82) is 0 Å². The minimum atomic E-state index is -0.0206. The lowest BCUT2D eigenvalue weighted by Gasteiger charge is -2.20. The standard InChI is InChI=1S/C18H23BrN2O3/c1-13(2)21-12-14(19)11-17(21)18(22)20(3)9-10-24-16-7-5-15(23-4)6-8-16/h5-8,11-13H,9-10H2,1-4H3. The van der Waals surface area contributed by atoms with Crippen molar-refractivity contribution in [3.05, 3.63) is 46.7 Å². The van der Waals surface area contributed by atoms with E-state index in [0.29, 0.717) is 18.8 Å². The molecule has 0 atom stereocenters. The van der Waals surface area contributed by atoms with Crippen molar-refractivity contribution in [3.63, 3.8) is 0 Å². The summed E-state index contributed by atoms with van der Waals surface area (Å²) in [5.41, 5.74) is 0.670. The molecule has 0 spiro atoms. The largest absolute Gasteiger partial charge is 0.497 e. The van der Waals surface area contributed by atoms with Crippen LogP contribution in [0.4, 0.5) is 0 Å². The number of aromatic nitrogens is 1. The molecule has 1 heterocycles. The number of ether oxygens (including phenoxy) is 2. The van der Waals surface area contributed by atoms with E-state index >= 15 is 0 Å². The number of hydrogen-bond acceptors (Lipinski definition) is 3. The van der Waals surface area contributed by atoms with Gasteiger partial charge in [0.05, 0.1) is 13.7 Å². The normalized spacial score (nSPS) is 10.8. The molecule has 0 aliphatic heterocycles. The molecule has 2 rings (SSSR count). The van der Waals surface area contributed by atoms with Crippen LogP contribution in [0.15, 0.2) is 41.0 Å². The number of carbonyl (C=O) groups excluding carboxylic acids is 1. The third kappa shape index (κ3) is 4.54. The topological polar surface area (TPSA) is 43.7 Å². The first kappa shape index (κ1) is 18.4. The summed E-state index contributed by atoms with van der Waals surface area (Å²) in [6.07, 6.45) is 1.93. The highest BCUT2D eigenvalue weighted by Gasteiger charge is 2.18. The summed E-state index contributed by atoms with van der Waals surface area (Å²) in [5.74, 6) is 1.52. The van der Waals surface area contributed by atoms with Crippen LogP contribution >= 0.6 is 15.9 Å². The van der Waals surface area contributed by atoms with Crippen molar-refractivity contribution in [2.24, 2.45) is 0 Å². The molecule has 0 saturated heterocycles. The van der Waals surface area contributed by atoms with E-state index in [4.69, 9.17) is 9.47 Å². The number of hydrogen-bond donors (Lipinski definition) is 0. The molecule has 5 nitrogen and oxygen atoms in total. The van der Waals surface area contributed by atoms with E-state index < -0.39 is 0 Å². The quantitative estimate of drug-likeness (QED) is 0.712. The zero-order valence-corrected chi connectivity index (χ0v) is 16.0. The molecular formula is C18H23BrN2O3. The third-order valence-electron chi connectivity index (χ3n) is 3.69. The van der Waals surface area contributed by atoms with Crippen LogP contribution in [-0.2, 0) is 0 Å². The highest BCUT2D eigenvalue weighted by atomic mass is 79.9. The molecule has 0 unspecified atom stereocenters. The molecule has 0 bridgehead atoms. The molecule has 0 saturated carbocycles. The molecule has 0 N–H and O–H groups in total. The number of likely N-dealkylation sites (N-methyl/N-ethyl adjacent to an activating group) is 1. The van der Waals surface area contributed by atoms with Crippen LogP contribution in [0.25, 0.3) is 0 Å². The Kier molecular flexibility index (Phi) is 6.31. The maximum atomic E-state index is 12.6. The van der Waals surface area contributed by atoms with Gasteiger partial charge in [-0.05, 0) is 60.1 Å². The Balaban J connectivity index is 1.92. The van der Waals surface area contributed by atoms with Crippen LogP contribution in [0.5, 0.6) is 11.5 Å². The molecule has 1 aromatic heterocycles. The van der Waals surface area contributed by atoms with Crippen LogP contribution < -0.4 is 9.47 Å². The molecule has 1 amide bonds. The van der Waals surface area contributed by atoms with Gasteiger partial charge in [-0.25, -0.2) is 0 Å². The molecule has 1 aromatic carbocycles. The van der Waals surface area contributed by atoms with Gasteiger partial charge in [0.2, 0.25) is 0 Å². The van der Waals surface area contributed by atoms with Gasteiger partial charge >= 0.3 is 0 Å². The Morgan fingerprint density at radius 2 is 1.88 bits per heavy atom. The molecule has 0 aliphatic rings. The lowest BCUT2D eigenvalue weighted by Crippen LogP contribution is -2.32. The summed E-state index contributed by atoms with van der Waals surface area (Å²) in [6, 6.07) is 9.46. The van der Waals surface area contributed by atoms with Gasteiger partial charge in [0.25, 0.3) is 5.91 Å². The van der Waals surface area contributed by atoms with Crippen LogP contribution in [0.3, 0.4) is 0 Å². The van der Waals surface area contributed by atoms with Gasteiger partial charge in [-0.2, -0.15) is 0 Å². The first-order valence-corrected chi connectivity index (χ1v) is 8.61. The number of nitrogens with zero attached hydrogens (tertiary/aromatic N) is 2. The van der Waals surface area contributed by atoms with E-state index in [-0.39, 0.29) is 11.9 Å². The number of amides is 1. The smallest absolute Gasteiger partial charge is 0.270 e. The number of methoxy groups -OCH3 is 1. The van der Waals surface area contributed by atoms with Crippen molar-refractivity contribution in [2.45, 2.75) is 19.9 Å². The second-order valence-corrected chi connectivity index (χ2v) is 6.71. The van der Waals surface area contributed by atoms with Gasteiger partial charge < -0.3 is 18.9 Å². The minimum Gasteiger partial charge on any atom is -0.497 e. The highest BCUT2D eigenvalue weighted by Crippen LogP contribution is 2.21. The van der Waals surface area contributed by atoms with Crippen LogP contribution in [0.1, 0.15) is 30.4 Å². The second-order valence-electron chi connectivity index (χ2n) is 5.80. The van der Waals surface area contributed by atoms with Gasteiger partial charge in [0.1, 0.15) is 23.8 Å². The SMILES string of the molecule is COc1ccc(OCCN(C)C(=O)c2cc(Br)cn2C(C)C)cc1. The maximum absolute atomic E-state index is 12.6. The van der Waals surface area contributed by atoms with Gasteiger partial charge in [-0.1, -0.05) is 0 Å². The molecule has 2 aromatic rings. The lowest BCUT2D eigenvalue weighted by molar-refractivity contribution is 0.0761. The highest BCUT2D eigenvalue weighted by molar-refractivity contribution is 9.10. The maximum Gasteiger partial charge on any atom is 0.270 e. The van der Waals surface area contributed by atoms with E-state index in [9.17, 15) is 4.79 Å². The average Bonchev–Trinajstić information content (AvgIpc) is 2.96. The van der Waals surface area contributed by atoms with E-state index in [0.717, 1.165) is 16.0 Å². The molecule has 0 aliphatic carbocycles. The van der Waals surface area contributed by atoms with Crippen LogP contribution in [0.2, 0.25) is 0 Å². The van der Waals surface area contributed by atoms with E-state index in [1.807, 2.05) is 41.1 Å². The summed E-state index contributed by atoms with van der Waals surface area (Å²) < 4.78 is 13.7. The Hall–Kier alpha value is -1.95. The van der Waals surface area contributed by atoms with Crippen molar-refractivity contribution < 1.29 is 14.3 Å². The zero-order chi connectivity index (χ0) is 17.7. The fraction of sp³-hybridized carbons (Fsp3) is 0.389. The average molecular weight is 395 g/mol. The lowest BCUT2D eigenvalue weighted by atomic mass is 10.3. The Bertz CT molecular complexity index is 680. The summed E-state index contributed by atoms with van der Waals surface area (Å²) >= 11 is 3.44. The number of halogens is 1. The summed E-state index contributed by atoms with van der Waals surface area (Å²) in [5, 5.41) is 0. The molecule has 130 valence electrons. The third-order valence-corrected chi connectivity index (χ3v) is 4.13. The predicted molar refractivity (Wildman–Crippen MR) is 98.0 cm³/mol. The summed E-state index contributed by atoms with van der Waals surface area (Å²) in [7, 11) is 3.41. The molecular weight excluding hydrogens is 372 g/mol. The van der Waals surface area contributed by atoms with Crippen molar-refractivity contribution in [2.75, 3.05) is 27.3 Å². The van der Waals surface area contributed by atoms with E-state index in [1.165, 1.54) is 0 Å². The molecule has 6 heteroatoms. The van der Waals surface area contributed by atoms with Crippen LogP contribution in [0, 0.1) is 0 Å². The van der Waals surface area contributed by atoms with Crippen molar-refractivity contribution in [3.8, 4) is 11.5 Å². The molecule has 0 radical (unpaired) electrons. The Labute approximate surface area is 151 Å². The zero-order valence-electron chi connectivity index (χ0n) is 14.5. The number of benzene rings is 1. The van der Waals surface area contributed by atoms with Crippen molar-refractivity contribution >= 4 is 21.8 Å². The van der Waals surface area contributed by atoms with Gasteiger partial charge in [-0.15, -0.1) is 0 Å². The Morgan fingerprint density at radius 3 is 2.46 bits per heavy atom. The minimum absolute atomic E-state index is 0.0206. The fourth-order valence-electron chi connectivity index (χ4n) is 2.31. The fourth-order valence-corrected chi connectivity index (χ4v) is 2.75.